The van der Waals surface area contributed by atoms with Crippen LogP contribution in [-0.2, 0) is 0 Å². The number of fused-ring (bicyclic) bond motifs is 3. The average Bonchev–Trinajstić information content (AvgIpc) is 2.87. The highest BCUT2D eigenvalue weighted by Gasteiger charge is 2.16. The molecule has 4 rings (SSSR count). The number of phenolic OH excluding ortho intramolecular Hbond substituents is 1. The van der Waals surface area contributed by atoms with Crippen LogP contribution in [0, 0.1) is 0 Å². The molecule has 0 unspecified atom stereocenters. The van der Waals surface area contributed by atoms with E-state index in [1.807, 2.05) is 36.4 Å². The van der Waals surface area contributed by atoms with Crippen LogP contribution in [0.15, 0.2) is 65.1 Å². The maximum Gasteiger partial charge on any atom is 0.139 e. The molecule has 0 fully saturated rings. The lowest BCUT2D eigenvalue weighted by Crippen LogP contribution is -1.81. The fourth-order valence-electron chi connectivity index (χ4n) is 2.69. The molecule has 0 aliphatic rings. The summed E-state index contributed by atoms with van der Waals surface area (Å²) in [5, 5.41) is 12.9. The van der Waals surface area contributed by atoms with Gasteiger partial charge >= 0.3 is 0 Å². The largest absolute Gasteiger partial charge is 0.506 e. The molecular weight excluding hydrogens is 344 g/mol. The van der Waals surface area contributed by atoms with E-state index in [9.17, 15) is 5.11 Å². The Balaban J connectivity index is 2.21. The van der Waals surface area contributed by atoms with Gasteiger partial charge in [0.05, 0.1) is 4.47 Å². The van der Waals surface area contributed by atoms with E-state index in [4.69, 9.17) is 0 Å². The van der Waals surface area contributed by atoms with Crippen LogP contribution in [0.25, 0.3) is 31.3 Å². The number of aromatic hydroxyl groups is 1. The molecule has 0 aliphatic heterocycles. The van der Waals surface area contributed by atoms with Crippen molar-refractivity contribution in [3.05, 3.63) is 65.1 Å². The number of hydrogen-bond donors (Lipinski definition) is 1. The van der Waals surface area contributed by atoms with E-state index in [0.29, 0.717) is 5.75 Å². The lowest BCUT2D eigenvalue weighted by atomic mass is 10.0. The minimum absolute atomic E-state index is 0.306. The highest BCUT2D eigenvalue weighted by Crippen LogP contribution is 2.47. The summed E-state index contributed by atoms with van der Waals surface area (Å²) in [7, 11) is 0. The number of phenols is 1. The minimum atomic E-state index is 0.306. The SMILES string of the molecule is Oc1c(Br)cc2c(sc3ccccc32)c1-c1ccccc1. The molecule has 102 valence electrons. The smallest absolute Gasteiger partial charge is 0.139 e. The first kappa shape index (κ1) is 12.9. The van der Waals surface area contributed by atoms with Gasteiger partial charge in [-0.2, -0.15) is 0 Å². The molecular formula is C18H11BrOS. The number of halogens is 1. The van der Waals surface area contributed by atoms with Crippen LogP contribution in [0.2, 0.25) is 0 Å². The van der Waals surface area contributed by atoms with E-state index in [2.05, 4.69) is 40.2 Å². The zero-order valence-electron chi connectivity index (χ0n) is 11.0. The Kier molecular flexibility index (Phi) is 2.98. The van der Waals surface area contributed by atoms with Crippen molar-refractivity contribution in [3.8, 4) is 16.9 Å². The van der Waals surface area contributed by atoms with E-state index in [0.717, 1.165) is 20.3 Å². The van der Waals surface area contributed by atoms with Crippen LogP contribution < -0.4 is 0 Å². The van der Waals surface area contributed by atoms with Gasteiger partial charge in [0, 0.05) is 25.7 Å². The predicted molar refractivity (Wildman–Crippen MR) is 94.1 cm³/mol. The average molecular weight is 355 g/mol. The fourth-order valence-corrected chi connectivity index (χ4v) is 4.37. The van der Waals surface area contributed by atoms with Gasteiger partial charge < -0.3 is 5.11 Å². The van der Waals surface area contributed by atoms with Crippen molar-refractivity contribution < 1.29 is 5.11 Å². The maximum atomic E-state index is 10.5. The molecule has 1 N–H and O–H groups in total. The molecule has 0 saturated heterocycles. The first-order valence-corrected chi connectivity index (χ1v) is 8.25. The highest BCUT2D eigenvalue weighted by atomic mass is 79.9. The first-order valence-electron chi connectivity index (χ1n) is 6.64. The highest BCUT2D eigenvalue weighted by molar-refractivity contribution is 9.10. The van der Waals surface area contributed by atoms with E-state index >= 15 is 0 Å². The quantitative estimate of drug-likeness (QED) is 0.432. The van der Waals surface area contributed by atoms with E-state index in [-0.39, 0.29) is 0 Å². The minimum Gasteiger partial charge on any atom is -0.506 e. The second-order valence-corrected chi connectivity index (χ2v) is 6.83. The van der Waals surface area contributed by atoms with Crippen LogP contribution in [0.5, 0.6) is 5.75 Å². The van der Waals surface area contributed by atoms with Crippen LogP contribution >= 0.6 is 27.3 Å². The zero-order chi connectivity index (χ0) is 14.4. The van der Waals surface area contributed by atoms with Crippen molar-refractivity contribution in [2.45, 2.75) is 0 Å². The van der Waals surface area contributed by atoms with Gasteiger partial charge in [-0.15, -0.1) is 11.3 Å². The van der Waals surface area contributed by atoms with Crippen molar-refractivity contribution in [1.82, 2.24) is 0 Å². The molecule has 1 aromatic heterocycles. The van der Waals surface area contributed by atoms with E-state index in [1.165, 1.54) is 15.5 Å². The topological polar surface area (TPSA) is 20.2 Å². The van der Waals surface area contributed by atoms with Crippen molar-refractivity contribution in [1.29, 1.82) is 0 Å². The van der Waals surface area contributed by atoms with Crippen LogP contribution in [0.3, 0.4) is 0 Å². The summed E-state index contributed by atoms with van der Waals surface area (Å²) in [4.78, 5) is 0. The van der Waals surface area contributed by atoms with Gasteiger partial charge in [0.1, 0.15) is 5.75 Å². The monoisotopic (exact) mass is 354 g/mol. The number of hydrogen-bond acceptors (Lipinski definition) is 2. The van der Waals surface area contributed by atoms with Crippen molar-refractivity contribution >= 4 is 47.4 Å². The van der Waals surface area contributed by atoms with Crippen molar-refractivity contribution in [3.63, 3.8) is 0 Å². The molecule has 1 nitrogen and oxygen atoms in total. The van der Waals surface area contributed by atoms with Gasteiger partial charge in [-0.25, -0.2) is 0 Å². The Morgan fingerprint density at radius 1 is 0.857 bits per heavy atom. The molecule has 0 saturated carbocycles. The third-order valence-electron chi connectivity index (χ3n) is 3.66. The summed E-state index contributed by atoms with van der Waals surface area (Å²) in [5.74, 6) is 0.306. The first-order chi connectivity index (χ1) is 10.3. The summed E-state index contributed by atoms with van der Waals surface area (Å²) >= 11 is 5.21. The summed E-state index contributed by atoms with van der Waals surface area (Å²) in [6.07, 6.45) is 0. The number of benzene rings is 3. The van der Waals surface area contributed by atoms with Crippen molar-refractivity contribution in [2.24, 2.45) is 0 Å². The Labute approximate surface area is 134 Å². The Morgan fingerprint density at radius 2 is 1.57 bits per heavy atom. The predicted octanol–water partition coefficient (Wildman–Crippen LogP) is 6.19. The molecule has 0 spiro atoms. The van der Waals surface area contributed by atoms with Crippen LogP contribution in [-0.4, -0.2) is 5.11 Å². The molecule has 0 aliphatic carbocycles. The molecule has 21 heavy (non-hydrogen) atoms. The van der Waals surface area contributed by atoms with Gasteiger partial charge in [0.2, 0.25) is 0 Å². The number of thiophene rings is 1. The summed E-state index contributed by atoms with van der Waals surface area (Å²) in [6, 6.07) is 20.4. The van der Waals surface area contributed by atoms with E-state index < -0.39 is 0 Å². The second-order valence-electron chi connectivity index (χ2n) is 4.92. The lowest BCUT2D eigenvalue weighted by Gasteiger charge is -2.08. The third-order valence-corrected chi connectivity index (χ3v) is 5.47. The van der Waals surface area contributed by atoms with Gasteiger partial charge in [0.25, 0.3) is 0 Å². The molecule has 0 radical (unpaired) electrons. The Bertz CT molecular complexity index is 957. The maximum absolute atomic E-state index is 10.5. The normalized spacial score (nSPS) is 11.3. The van der Waals surface area contributed by atoms with Gasteiger partial charge in [-0.05, 0) is 33.6 Å². The van der Waals surface area contributed by atoms with Crippen LogP contribution in [0.4, 0.5) is 0 Å². The van der Waals surface area contributed by atoms with E-state index in [1.54, 1.807) is 11.3 Å². The third kappa shape index (κ3) is 1.96. The van der Waals surface area contributed by atoms with Crippen molar-refractivity contribution in [2.75, 3.05) is 0 Å². The Hall–Kier alpha value is -1.84. The zero-order valence-corrected chi connectivity index (χ0v) is 13.4. The number of rotatable bonds is 1. The molecule has 3 aromatic carbocycles. The summed E-state index contributed by atoms with van der Waals surface area (Å²) in [5.41, 5.74) is 1.94. The Morgan fingerprint density at radius 3 is 2.38 bits per heavy atom. The standard InChI is InChI=1S/C18H11BrOS/c19-14-10-13-12-8-4-5-9-15(12)21-18(13)16(17(14)20)11-6-2-1-3-7-11/h1-10,20H. The van der Waals surface area contributed by atoms with Gasteiger partial charge in [-0.1, -0.05) is 48.5 Å². The van der Waals surface area contributed by atoms with Gasteiger partial charge in [0.15, 0.2) is 0 Å². The molecule has 3 heteroatoms. The molecule has 0 atom stereocenters. The lowest BCUT2D eigenvalue weighted by molar-refractivity contribution is 0.475. The summed E-state index contributed by atoms with van der Waals surface area (Å²) in [6.45, 7) is 0. The molecule has 0 bridgehead atoms. The second kappa shape index (κ2) is 4.86. The molecule has 1 heterocycles. The van der Waals surface area contributed by atoms with Crippen LogP contribution in [0.1, 0.15) is 0 Å². The summed E-state index contributed by atoms with van der Waals surface area (Å²) < 4.78 is 3.10. The molecule has 0 amide bonds. The fraction of sp³-hybridized carbons (Fsp3) is 0. The van der Waals surface area contributed by atoms with Gasteiger partial charge in [-0.3, -0.25) is 0 Å². The molecule has 4 aromatic rings.